The third-order valence-corrected chi connectivity index (χ3v) is 4.05. The molecule has 0 aliphatic carbocycles. The fraction of sp³-hybridized carbons (Fsp3) is 0.350. The molecule has 0 spiro atoms. The number of rotatable bonds is 9. The molecule has 3 aromatic rings. The number of hydrogen-bond acceptors (Lipinski definition) is 4. The van der Waals surface area contributed by atoms with Gasteiger partial charge in [-0.3, -0.25) is 4.40 Å². The third kappa shape index (κ3) is 5.67. The zero-order valence-corrected chi connectivity index (χ0v) is 15.9. The normalized spacial score (nSPS) is 11.6. The smallest absolute Gasteiger partial charge is 0.191 e. The van der Waals surface area contributed by atoms with Crippen LogP contribution >= 0.6 is 0 Å². The number of nitrogens with one attached hydrogen (secondary N) is 2. The van der Waals surface area contributed by atoms with Crippen LogP contribution in [0.3, 0.4) is 0 Å². The Bertz CT molecular complexity index is 893. The van der Waals surface area contributed by atoms with Gasteiger partial charge in [0.25, 0.3) is 0 Å². The van der Waals surface area contributed by atoms with Crippen LogP contribution in [-0.2, 0) is 6.54 Å². The van der Waals surface area contributed by atoms with Gasteiger partial charge in [0, 0.05) is 19.3 Å². The van der Waals surface area contributed by atoms with E-state index in [0.717, 1.165) is 43.4 Å². The van der Waals surface area contributed by atoms with E-state index >= 15 is 0 Å². The van der Waals surface area contributed by atoms with Crippen molar-refractivity contribution >= 4 is 11.6 Å². The van der Waals surface area contributed by atoms with Crippen LogP contribution in [0.4, 0.5) is 4.39 Å². The highest BCUT2D eigenvalue weighted by Gasteiger charge is 2.04. The van der Waals surface area contributed by atoms with Gasteiger partial charge in [-0.15, -0.1) is 10.2 Å². The van der Waals surface area contributed by atoms with Crippen molar-refractivity contribution in [1.29, 1.82) is 0 Å². The van der Waals surface area contributed by atoms with E-state index in [2.05, 4.69) is 25.8 Å². The summed E-state index contributed by atoms with van der Waals surface area (Å²) >= 11 is 0. The molecule has 1 aromatic carbocycles. The lowest BCUT2D eigenvalue weighted by atomic mass is 10.3. The summed E-state index contributed by atoms with van der Waals surface area (Å²) in [7, 11) is 0. The van der Waals surface area contributed by atoms with Gasteiger partial charge in [0.2, 0.25) is 0 Å². The van der Waals surface area contributed by atoms with Gasteiger partial charge < -0.3 is 15.4 Å². The number of aliphatic imine (C=N–C) groups is 1. The molecule has 28 heavy (non-hydrogen) atoms. The van der Waals surface area contributed by atoms with E-state index in [1.807, 2.05) is 35.7 Å². The molecule has 7 nitrogen and oxygen atoms in total. The predicted octanol–water partition coefficient (Wildman–Crippen LogP) is 2.78. The van der Waals surface area contributed by atoms with Gasteiger partial charge in [0.15, 0.2) is 17.4 Å². The Morgan fingerprint density at radius 1 is 1.11 bits per heavy atom. The molecule has 0 amide bonds. The number of nitrogens with zero attached hydrogens (tertiary/aromatic N) is 4. The fourth-order valence-electron chi connectivity index (χ4n) is 2.64. The van der Waals surface area contributed by atoms with Crippen molar-refractivity contribution in [1.82, 2.24) is 25.2 Å². The highest BCUT2D eigenvalue weighted by Crippen LogP contribution is 2.11. The van der Waals surface area contributed by atoms with Gasteiger partial charge >= 0.3 is 0 Å². The average Bonchev–Trinajstić information content (AvgIpc) is 3.13. The van der Waals surface area contributed by atoms with Crippen LogP contribution in [0.5, 0.6) is 5.75 Å². The standard InChI is InChI=1S/C20H25FN6O/c1-2-22-20(24-15-19-26-25-18-7-3-5-13-27(18)19)23-12-4-6-14-28-17-10-8-16(21)9-11-17/h3,5,7-11,13H,2,4,6,12,14-15H2,1H3,(H2,22,23,24). The second-order valence-corrected chi connectivity index (χ2v) is 6.18. The molecular weight excluding hydrogens is 359 g/mol. The van der Waals surface area contributed by atoms with E-state index in [1.165, 1.54) is 12.1 Å². The summed E-state index contributed by atoms with van der Waals surface area (Å²) in [4.78, 5) is 4.58. The highest BCUT2D eigenvalue weighted by atomic mass is 19.1. The largest absolute Gasteiger partial charge is 0.494 e. The van der Waals surface area contributed by atoms with Crippen molar-refractivity contribution in [2.75, 3.05) is 19.7 Å². The van der Waals surface area contributed by atoms with E-state index in [9.17, 15) is 4.39 Å². The van der Waals surface area contributed by atoms with E-state index in [1.54, 1.807) is 12.1 Å². The van der Waals surface area contributed by atoms with Crippen molar-refractivity contribution in [2.24, 2.45) is 4.99 Å². The predicted molar refractivity (Wildman–Crippen MR) is 107 cm³/mol. The van der Waals surface area contributed by atoms with Crippen LogP contribution in [0.25, 0.3) is 5.65 Å². The maximum atomic E-state index is 12.9. The molecular formula is C20H25FN6O. The molecule has 0 atom stereocenters. The Balaban J connectivity index is 1.41. The summed E-state index contributed by atoms with van der Waals surface area (Å²) in [5.74, 6) is 1.96. The molecule has 0 fully saturated rings. The quantitative estimate of drug-likeness (QED) is 0.337. The van der Waals surface area contributed by atoms with Gasteiger partial charge in [-0.2, -0.15) is 0 Å². The van der Waals surface area contributed by atoms with Gasteiger partial charge in [-0.25, -0.2) is 9.38 Å². The molecule has 0 radical (unpaired) electrons. The van der Waals surface area contributed by atoms with Crippen LogP contribution in [0.15, 0.2) is 53.7 Å². The van der Waals surface area contributed by atoms with Crippen LogP contribution in [-0.4, -0.2) is 40.3 Å². The van der Waals surface area contributed by atoms with Crippen molar-refractivity contribution in [3.63, 3.8) is 0 Å². The second-order valence-electron chi connectivity index (χ2n) is 6.18. The number of fused-ring (bicyclic) bond motifs is 1. The van der Waals surface area contributed by atoms with Gasteiger partial charge in [0.05, 0.1) is 6.61 Å². The van der Waals surface area contributed by atoms with E-state index in [0.29, 0.717) is 18.9 Å². The summed E-state index contributed by atoms with van der Waals surface area (Å²) < 4.78 is 20.4. The number of benzene rings is 1. The zero-order chi connectivity index (χ0) is 19.6. The van der Waals surface area contributed by atoms with Crippen LogP contribution in [0, 0.1) is 5.82 Å². The molecule has 0 saturated heterocycles. The molecule has 8 heteroatoms. The Kier molecular flexibility index (Phi) is 7.17. The number of aromatic nitrogens is 3. The molecule has 148 valence electrons. The minimum Gasteiger partial charge on any atom is -0.494 e. The highest BCUT2D eigenvalue weighted by molar-refractivity contribution is 5.79. The Hall–Kier alpha value is -3.16. The van der Waals surface area contributed by atoms with Crippen LogP contribution in [0.1, 0.15) is 25.6 Å². The molecule has 2 aromatic heterocycles. The summed E-state index contributed by atoms with van der Waals surface area (Å²) in [5, 5.41) is 14.9. The molecule has 2 N–H and O–H groups in total. The third-order valence-electron chi connectivity index (χ3n) is 4.05. The molecule has 0 unspecified atom stereocenters. The molecule has 2 heterocycles. The van der Waals surface area contributed by atoms with Crippen molar-refractivity contribution in [3.8, 4) is 5.75 Å². The molecule has 0 aliphatic heterocycles. The topological polar surface area (TPSA) is 75.8 Å². The molecule has 0 saturated carbocycles. The van der Waals surface area contributed by atoms with Crippen LogP contribution in [0.2, 0.25) is 0 Å². The van der Waals surface area contributed by atoms with Crippen LogP contribution < -0.4 is 15.4 Å². The lowest BCUT2D eigenvalue weighted by Crippen LogP contribution is -2.37. The molecule has 0 bridgehead atoms. The van der Waals surface area contributed by atoms with Crippen molar-refractivity contribution < 1.29 is 9.13 Å². The van der Waals surface area contributed by atoms with Crippen molar-refractivity contribution in [2.45, 2.75) is 26.3 Å². The first-order chi connectivity index (χ1) is 13.8. The van der Waals surface area contributed by atoms with Gasteiger partial charge in [-0.05, 0) is 56.2 Å². The number of guanidine groups is 1. The zero-order valence-electron chi connectivity index (χ0n) is 15.9. The first-order valence-electron chi connectivity index (χ1n) is 9.45. The van der Waals surface area contributed by atoms with E-state index in [-0.39, 0.29) is 5.82 Å². The van der Waals surface area contributed by atoms with E-state index in [4.69, 9.17) is 4.74 Å². The SMILES string of the molecule is CCNC(=NCc1nnc2ccccn12)NCCCCOc1ccc(F)cc1. The average molecular weight is 384 g/mol. The maximum absolute atomic E-state index is 12.9. The number of pyridine rings is 1. The van der Waals surface area contributed by atoms with Crippen molar-refractivity contribution in [3.05, 3.63) is 60.3 Å². The Morgan fingerprint density at radius 3 is 2.79 bits per heavy atom. The monoisotopic (exact) mass is 384 g/mol. The minimum atomic E-state index is -0.258. The summed E-state index contributed by atoms with van der Waals surface area (Å²) in [6.45, 7) is 4.61. The number of ether oxygens (including phenoxy) is 1. The maximum Gasteiger partial charge on any atom is 0.191 e. The minimum absolute atomic E-state index is 0.258. The summed E-state index contributed by atoms with van der Waals surface area (Å²) in [5.41, 5.74) is 0.812. The lowest BCUT2D eigenvalue weighted by molar-refractivity contribution is 0.306. The van der Waals surface area contributed by atoms with Gasteiger partial charge in [0.1, 0.15) is 18.1 Å². The number of unbranched alkanes of at least 4 members (excludes halogenated alkanes) is 1. The Labute approximate surface area is 163 Å². The first kappa shape index (κ1) is 19.6. The summed E-state index contributed by atoms with van der Waals surface area (Å²) in [6.07, 6.45) is 3.75. The number of hydrogen-bond donors (Lipinski definition) is 2. The lowest BCUT2D eigenvalue weighted by Gasteiger charge is -2.11. The van der Waals surface area contributed by atoms with Gasteiger partial charge in [-0.1, -0.05) is 6.07 Å². The Morgan fingerprint density at radius 2 is 1.96 bits per heavy atom. The second kappa shape index (κ2) is 10.2. The summed E-state index contributed by atoms with van der Waals surface area (Å²) in [6, 6.07) is 11.9. The molecule has 0 aliphatic rings. The molecule has 3 rings (SSSR count). The number of halogens is 1. The van der Waals surface area contributed by atoms with E-state index < -0.39 is 0 Å². The first-order valence-corrected chi connectivity index (χ1v) is 9.45. The fourth-order valence-corrected chi connectivity index (χ4v) is 2.64.